The summed E-state index contributed by atoms with van der Waals surface area (Å²) in [5, 5.41) is 0.744. The third-order valence-corrected chi connectivity index (χ3v) is 4.12. The van der Waals surface area contributed by atoms with E-state index in [1.165, 1.54) is 18.4 Å². The van der Waals surface area contributed by atoms with Crippen LogP contribution in [0.4, 0.5) is 10.8 Å². The maximum absolute atomic E-state index is 11.6. The zero-order valence-electron chi connectivity index (χ0n) is 11.8. The lowest BCUT2D eigenvalue weighted by Gasteiger charge is -2.15. The average molecular weight is 292 g/mol. The highest BCUT2D eigenvalue weighted by Gasteiger charge is 2.18. The Hall–Kier alpha value is -2.08. The molecule has 0 atom stereocenters. The molecule has 0 aliphatic heterocycles. The fraction of sp³-hybridized carbons (Fsp3) is 0.286. The third kappa shape index (κ3) is 2.75. The molecule has 0 amide bonds. The molecule has 0 saturated carbocycles. The molecule has 2 aromatic rings. The summed E-state index contributed by atoms with van der Waals surface area (Å²) in [6, 6.07) is 7.64. The van der Waals surface area contributed by atoms with Crippen molar-refractivity contribution in [1.82, 2.24) is 4.98 Å². The molecule has 0 bridgehead atoms. The van der Waals surface area contributed by atoms with Crippen molar-refractivity contribution >= 4 is 28.1 Å². The van der Waals surface area contributed by atoms with E-state index < -0.39 is 0 Å². The standard InChI is InChI=1S/C14H16N2O3S/c1-9-12(13(17)19-4)20-14(15-9)16(2)10-5-7-11(18-3)8-6-10/h5-8H,1-4H3. The predicted octanol–water partition coefficient (Wildman–Crippen LogP) is 3.01. The Morgan fingerprint density at radius 2 is 1.90 bits per heavy atom. The number of aromatic nitrogens is 1. The number of anilines is 2. The van der Waals surface area contributed by atoms with Gasteiger partial charge in [0.25, 0.3) is 0 Å². The van der Waals surface area contributed by atoms with Gasteiger partial charge in [0, 0.05) is 12.7 Å². The SMILES string of the molecule is COC(=O)c1sc(N(C)c2ccc(OC)cc2)nc1C. The normalized spacial score (nSPS) is 10.2. The summed E-state index contributed by atoms with van der Waals surface area (Å²) < 4.78 is 9.87. The van der Waals surface area contributed by atoms with Gasteiger partial charge in [-0.25, -0.2) is 9.78 Å². The molecule has 20 heavy (non-hydrogen) atoms. The quantitative estimate of drug-likeness (QED) is 0.811. The van der Waals surface area contributed by atoms with Crippen LogP contribution in [0.5, 0.6) is 5.75 Å². The molecule has 1 heterocycles. The first kappa shape index (κ1) is 14.3. The molecule has 1 aromatic heterocycles. The highest BCUT2D eigenvalue weighted by molar-refractivity contribution is 7.17. The minimum Gasteiger partial charge on any atom is -0.497 e. The number of aryl methyl sites for hydroxylation is 1. The molecular weight excluding hydrogens is 276 g/mol. The van der Waals surface area contributed by atoms with Crippen LogP contribution in [-0.4, -0.2) is 32.2 Å². The number of ether oxygens (including phenoxy) is 2. The van der Waals surface area contributed by atoms with Gasteiger partial charge in [-0.2, -0.15) is 0 Å². The summed E-state index contributed by atoms with van der Waals surface area (Å²) in [7, 11) is 4.90. The van der Waals surface area contributed by atoms with Gasteiger partial charge in [0.2, 0.25) is 0 Å². The van der Waals surface area contributed by atoms with E-state index >= 15 is 0 Å². The van der Waals surface area contributed by atoms with Crippen molar-refractivity contribution in [3.63, 3.8) is 0 Å². The molecule has 0 fully saturated rings. The Morgan fingerprint density at radius 3 is 2.45 bits per heavy atom. The topological polar surface area (TPSA) is 51.7 Å². The number of methoxy groups -OCH3 is 2. The smallest absolute Gasteiger partial charge is 0.350 e. The summed E-state index contributed by atoms with van der Waals surface area (Å²) >= 11 is 1.31. The van der Waals surface area contributed by atoms with Crippen molar-refractivity contribution in [1.29, 1.82) is 0 Å². The van der Waals surface area contributed by atoms with Crippen LogP contribution in [0.3, 0.4) is 0 Å². The zero-order valence-corrected chi connectivity index (χ0v) is 12.7. The van der Waals surface area contributed by atoms with Gasteiger partial charge in [-0.05, 0) is 31.2 Å². The minimum atomic E-state index is -0.352. The Bertz CT molecular complexity index is 607. The molecule has 106 valence electrons. The predicted molar refractivity (Wildman–Crippen MR) is 79.2 cm³/mol. The molecule has 1 aromatic carbocycles. The number of hydrogen-bond donors (Lipinski definition) is 0. The highest BCUT2D eigenvalue weighted by Crippen LogP contribution is 2.31. The Kier molecular flexibility index (Phi) is 4.24. The van der Waals surface area contributed by atoms with Gasteiger partial charge in [0.15, 0.2) is 5.13 Å². The van der Waals surface area contributed by atoms with Gasteiger partial charge < -0.3 is 14.4 Å². The van der Waals surface area contributed by atoms with E-state index in [1.54, 1.807) is 14.0 Å². The summed E-state index contributed by atoms with van der Waals surface area (Å²) in [6.45, 7) is 1.80. The fourth-order valence-electron chi connectivity index (χ4n) is 1.72. The van der Waals surface area contributed by atoms with Crippen LogP contribution in [-0.2, 0) is 4.74 Å². The van der Waals surface area contributed by atoms with Crippen LogP contribution >= 0.6 is 11.3 Å². The molecule has 6 heteroatoms. The molecule has 0 spiro atoms. The molecular formula is C14H16N2O3S. The summed E-state index contributed by atoms with van der Waals surface area (Å²) in [6.07, 6.45) is 0. The first-order valence-corrected chi connectivity index (χ1v) is 6.82. The van der Waals surface area contributed by atoms with Crippen molar-refractivity contribution in [2.45, 2.75) is 6.92 Å². The van der Waals surface area contributed by atoms with Crippen LogP contribution in [0.25, 0.3) is 0 Å². The summed E-state index contributed by atoms with van der Waals surface area (Å²) in [4.78, 5) is 18.5. The van der Waals surface area contributed by atoms with Crippen molar-refractivity contribution in [3.8, 4) is 5.75 Å². The second-order valence-corrected chi connectivity index (χ2v) is 5.14. The van der Waals surface area contributed by atoms with E-state index in [-0.39, 0.29) is 5.97 Å². The second kappa shape index (κ2) is 5.92. The van der Waals surface area contributed by atoms with E-state index in [0.29, 0.717) is 10.6 Å². The number of carbonyl (C=O) groups is 1. The summed E-state index contributed by atoms with van der Waals surface area (Å²) in [5.41, 5.74) is 1.65. The highest BCUT2D eigenvalue weighted by atomic mass is 32.1. The van der Waals surface area contributed by atoms with Gasteiger partial charge in [-0.3, -0.25) is 0 Å². The minimum absolute atomic E-state index is 0.352. The van der Waals surface area contributed by atoms with Gasteiger partial charge in [0.1, 0.15) is 10.6 Å². The molecule has 0 radical (unpaired) electrons. The largest absolute Gasteiger partial charge is 0.497 e. The number of rotatable bonds is 4. The van der Waals surface area contributed by atoms with Crippen molar-refractivity contribution < 1.29 is 14.3 Å². The first-order chi connectivity index (χ1) is 9.56. The van der Waals surface area contributed by atoms with Gasteiger partial charge in [0.05, 0.1) is 19.9 Å². The molecule has 0 aliphatic carbocycles. The van der Waals surface area contributed by atoms with Crippen LogP contribution in [0.2, 0.25) is 0 Å². The Morgan fingerprint density at radius 1 is 1.25 bits per heavy atom. The molecule has 0 N–H and O–H groups in total. The zero-order chi connectivity index (χ0) is 14.7. The number of carbonyl (C=O) groups excluding carboxylic acids is 1. The monoisotopic (exact) mass is 292 g/mol. The van der Waals surface area contributed by atoms with Gasteiger partial charge >= 0.3 is 5.97 Å². The second-order valence-electron chi connectivity index (χ2n) is 4.16. The Balaban J connectivity index is 2.28. The number of benzene rings is 1. The van der Waals surface area contributed by atoms with E-state index in [9.17, 15) is 4.79 Å². The number of esters is 1. The van der Waals surface area contributed by atoms with Crippen molar-refractivity contribution in [3.05, 3.63) is 34.8 Å². The molecule has 0 unspecified atom stereocenters. The van der Waals surface area contributed by atoms with Gasteiger partial charge in [-0.1, -0.05) is 11.3 Å². The molecule has 2 rings (SSSR count). The van der Waals surface area contributed by atoms with E-state index in [0.717, 1.165) is 16.6 Å². The van der Waals surface area contributed by atoms with E-state index in [4.69, 9.17) is 9.47 Å². The van der Waals surface area contributed by atoms with Crippen molar-refractivity contribution in [2.75, 3.05) is 26.2 Å². The maximum Gasteiger partial charge on any atom is 0.350 e. The molecule has 5 nitrogen and oxygen atoms in total. The Labute approximate surface area is 121 Å². The third-order valence-electron chi connectivity index (χ3n) is 2.90. The average Bonchev–Trinajstić information content (AvgIpc) is 2.87. The van der Waals surface area contributed by atoms with Crippen LogP contribution in [0.15, 0.2) is 24.3 Å². The lowest BCUT2D eigenvalue weighted by atomic mass is 10.3. The van der Waals surface area contributed by atoms with E-state index in [2.05, 4.69) is 4.98 Å². The fourth-order valence-corrected chi connectivity index (χ4v) is 2.69. The number of nitrogens with zero attached hydrogens (tertiary/aromatic N) is 2. The lowest BCUT2D eigenvalue weighted by molar-refractivity contribution is 0.0605. The lowest BCUT2D eigenvalue weighted by Crippen LogP contribution is -2.08. The van der Waals surface area contributed by atoms with Crippen LogP contribution < -0.4 is 9.64 Å². The van der Waals surface area contributed by atoms with Crippen LogP contribution in [0.1, 0.15) is 15.4 Å². The number of thiazole rings is 1. The first-order valence-electron chi connectivity index (χ1n) is 6.00. The van der Waals surface area contributed by atoms with Gasteiger partial charge in [-0.15, -0.1) is 0 Å². The van der Waals surface area contributed by atoms with Crippen LogP contribution in [0, 0.1) is 6.92 Å². The molecule has 0 saturated heterocycles. The maximum atomic E-state index is 11.6. The molecule has 0 aliphatic rings. The number of hydrogen-bond acceptors (Lipinski definition) is 6. The van der Waals surface area contributed by atoms with E-state index in [1.807, 2.05) is 36.2 Å². The summed E-state index contributed by atoms with van der Waals surface area (Å²) in [5.74, 6) is 0.446. The van der Waals surface area contributed by atoms with Crippen molar-refractivity contribution in [2.24, 2.45) is 0 Å².